The summed E-state index contributed by atoms with van der Waals surface area (Å²) in [6.45, 7) is 0. The Labute approximate surface area is 170 Å². The van der Waals surface area contributed by atoms with Gasteiger partial charge in [-0.25, -0.2) is 4.98 Å². The minimum absolute atomic E-state index is 0.132. The number of thiazole rings is 1. The second kappa shape index (κ2) is 8.61. The van der Waals surface area contributed by atoms with Crippen LogP contribution in [0.1, 0.15) is 5.56 Å². The zero-order valence-corrected chi connectivity index (χ0v) is 16.9. The molecular weight excluding hydrogens is 407 g/mol. The molecule has 0 aliphatic carbocycles. The highest BCUT2D eigenvalue weighted by Crippen LogP contribution is 2.35. The number of halogens is 2. The molecule has 3 rings (SSSR count). The number of ether oxygens (including phenoxy) is 2. The average Bonchev–Trinajstić information content (AvgIpc) is 3.11. The van der Waals surface area contributed by atoms with Crippen molar-refractivity contribution in [1.82, 2.24) is 4.98 Å². The lowest BCUT2D eigenvalue weighted by molar-refractivity contribution is -0.115. The Morgan fingerprint density at radius 3 is 2.67 bits per heavy atom. The molecule has 0 atom stereocenters. The van der Waals surface area contributed by atoms with E-state index >= 15 is 0 Å². The molecule has 27 heavy (non-hydrogen) atoms. The molecule has 1 aromatic heterocycles. The number of anilines is 1. The van der Waals surface area contributed by atoms with Crippen molar-refractivity contribution in [2.24, 2.45) is 0 Å². The van der Waals surface area contributed by atoms with E-state index in [0.717, 1.165) is 5.56 Å². The maximum atomic E-state index is 12.3. The SMILES string of the molecule is COc1ccc(OC)c(-c2csc(NC(=O)Cc3ccc(Cl)cc3Cl)n2)c1. The predicted molar refractivity (Wildman–Crippen MR) is 109 cm³/mol. The molecule has 1 N–H and O–H groups in total. The molecule has 0 spiro atoms. The van der Waals surface area contributed by atoms with Crippen molar-refractivity contribution in [1.29, 1.82) is 0 Å². The summed E-state index contributed by atoms with van der Waals surface area (Å²) < 4.78 is 10.6. The number of hydrogen-bond acceptors (Lipinski definition) is 5. The molecule has 0 aliphatic heterocycles. The van der Waals surface area contributed by atoms with E-state index in [1.807, 2.05) is 23.6 Å². The van der Waals surface area contributed by atoms with E-state index in [2.05, 4.69) is 10.3 Å². The Bertz CT molecular complexity index is 975. The highest BCUT2D eigenvalue weighted by Gasteiger charge is 2.14. The molecular formula is C19H16Cl2N2O3S. The minimum atomic E-state index is -0.210. The number of nitrogens with zero attached hydrogens (tertiary/aromatic N) is 1. The molecule has 0 saturated heterocycles. The Kier molecular flexibility index (Phi) is 6.21. The number of hydrogen-bond donors (Lipinski definition) is 1. The van der Waals surface area contributed by atoms with E-state index in [1.54, 1.807) is 32.4 Å². The molecule has 0 aliphatic rings. The number of carbonyl (C=O) groups is 1. The molecule has 3 aromatic rings. The van der Waals surface area contributed by atoms with Gasteiger partial charge >= 0.3 is 0 Å². The van der Waals surface area contributed by atoms with Crippen LogP contribution in [-0.4, -0.2) is 25.1 Å². The second-order valence-electron chi connectivity index (χ2n) is 5.56. The molecule has 1 heterocycles. The summed E-state index contributed by atoms with van der Waals surface area (Å²) in [5, 5.41) is 6.12. The number of aromatic nitrogens is 1. The molecule has 0 unspecified atom stereocenters. The largest absolute Gasteiger partial charge is 0.497 e. The molecule has 140 valence electrons. The van der Waals surface area contributed by atoms with Crippen LogP contribution < -0.4 is 14.8 Å². The third kappa shape index (κ3) is 4.71. The smallest absolute Gasteiger partial charge is 0.230 e. The van der Waals surface area contributed by atoms with Gasteiger partial charge in [-0.05, 0) is 35.9 Å². The summed E-state index contributed by atoms with van der Waals surface area (Å²) in [6, 6.07) is 10.5. The van der Waals surface area contributed by atoms with Crippen LogP contribution in [0.3, 0.4) is 0 Å². The molecule has 0 radical (unpaired) electrons. The van der Waals surface area contributed by atoms with Gasteiger partial charge < -0.3 is 14.8 Å². The van der Waals surface area contributed by atoms with Gasteiger partial charge in [0.2, 0.25) is 5.91 Å². The van der Waals surface area contributed by atoms with Crippen molar-refractivity contribution >= 4 is 45.6 Å². The van der Waals surface area contributed by atoms with E-state index in [9.17, 15) is 4.79 Å². The van der Waals surface area contributed by atoms with Gasteiger partial charge in [0, 0.05) is 21.0 Å². The van der Waals surface area contributed by atoms with E-state index < -0.39 is 0 Å². The fourth-order valence-corrected chi connectivity index (χ4v) is 3.67. The lowest BCUT2D eigenvalue weighted by Gasteiger charge is -2.08. The van der Waals surface area contributed by atoms with Crippen molar-refractivity contribution in [3.05, 3.63) is 57.4 Å². The Hall–Kier alpha value is -2.28. The average molecular weight is 423 g/mol. The van der Waals surface area contributed by atoms with Gasteiger partial charge in [0.15, 0.2) is 5.13 Å². The topological polar surface area (TPSA) is 60.5 Å². The standard InChI is InChI=1S/C19H16Cl2N2O3S/c1-25-13-5-6-17(26-2)14(9-13)16-10-27-19(22-16)23-18(24)7-11-3-4-12(20)8-15(11)21/h3-6,8-10H,7H2,1-2H3,(H,22,23,24). The van der Waals surface area contributed by atoms with Crippen molar-refractivity contribution in [2.75, 3.05) is 19.5 Å². The van der Waals surface area contributed by atoms with Crippen molar-refractivity contribution in [2.45, 2.75) is 6.42 Å². The molecule has 8 heteroatoms. The summed E-state index contributed by atoms with van der Waals surface area (Å²) >= 11 is 13.3. The van der Waals surface area contributed by atoms with Gasteiger partial charge in [0.1, 0.15) is 11.5 Å². The number of rotatable bonds is 6. The van der Waals surface area contributed by atoms with Gasteiger partial charge in [0.25, 0.3) is 0 Å². The quantitative estimate of drug-likeness (QED) is 0.583. The summed E-state index contributed by atoms with van der Waals surface area (Å²) in [5.74, 6) is 1.16. The van der Waals surface area contributed by atoms with Crippen molar-refractivity contribution in [3.63, 3.8) is 0 Å². The summed E-state index contributed by atoms with van der Waals surface area (Å²) in [7, 11) is 3.19. The first-order valence-corrected chi connectivity index (χ1v) is 9.55. The van der Waals surface area contributed by atoms with Crippen LogP contribution in [0.15, 0.2) is 41.8 Å². The van der Waals surface area contributed by atoms with E-state index in [1.165, 1.54) is 11.3 Å². The van der Waals surface area contributed by atoms with Gasteiger partial charge in [-0.3, -0.25) is 4.79 Å². The van der Waals surface area contributed by atoms with Crippen LogP contribution in [0.2, 0.25) is 10.0 Å². The van der Waals surface area contributed by atoms with Crippen LogP contribution in [0.5, 0.6) is 11.5 Å². The predicted octanol–water partition coefficient (Wildman–Crippen LogP) is 5.32. The molecule has 0 saturated carbocycles. The lowest BCUT2D eigenvalue weighted by atomic mass is 10.1. The molecule has 5 nitrogen and oxygen atoms in total. The first-order valence-electron chi connectivity index (χ1n) is 7.92. The number of carbonyl (C=O) groups excluding carboxylic acids is 1. The van der Waals surface area contributed by atoms with Crippen LogP contribution in [0.25, 0.3) is 11.3 Å². The summed E-state index contributed by atoms with van der Waals surface area (Å²) in [5.41, 5.74) is 2.18. The van der Waals surface area contributed by atoms with E-state index in [0.29, 0.717) is 37.9 Å². The zero-order chi connectivity index (χ0) is 19.4. The molecule has 1 amide bonds. The third-order valence-electron chi connectivity index (χ3n) is 3.80. The minimum Gasteiger partial charge on any atom is -0.497 e. The number of amides is 1. The summed E-state index contributed by atoms with van der Waals surface area (Å²) in [4.78, 5) is 16.8. The van der Waals surface area contributed by atoms with Crippen molar-refractivity contribution in [3.8, 4) is 22.8 Å². The van der Waals surface area contributed by atoms with Crippen LogP contribution >= 0.6 is 34.5 Å². The van der Waals surface area contributed by atoms with E-state index in [4.69, 9.17) is 32.7 Å². The number of methoxy groups -OCH3 is 2. The lowest BCUT2D eigenvalue weighted by Crippen LogP contribution is -2.14. The van der Waals surface area contributed by atoms with Crippen LogP contribution in [-0.2, 0) is 11.2 Å². The highest BCUT2D eigenvalue weighted by atomic mass is 35.5. The maximum absolute atomic E-state index is 12.3. The maximum Gasteiger partial charge on any atom is 0.230 e. The molecule has 0 fully saturated rings. The fraction of sp³-hybridized carbons (Fsp3) is 0.158. The van der Waals surface area contributed by atoms with Crippen molar-refractivity contribution < 1.29 is 14.3 Å². The van der Waals surface area contributed by atoms with Crippen LogP contribution in [0, 0.1) is 0 Å². The Balaban J connectivity index is 1.75. The normalized spacial score (nSPS) is 10.5. The van der Waals surface area contributed by atoms with E-state index in [-0.39, 0.29) is 12.3 Å². The van der Waals surface area contributed by atoms with Gasteiger partial charge in [0.05, 0.1) is 26.3 Å². The van der Waals surface area contributed by atoms with Gasteiger partial charge in [-0.2, -0.15) is 0 Å². The monoisotopic (exact) mass is 422 g/mol. The van der Waals surface area contributed by atoms with Gasteiger partial charge in [-0.15, -0.1) is 11.3 Å². The zero-order valence-electron chi connectivity index (χ0n) is 14.6. The highest BCUT2D eigenvalue weighted by molar-refractivity contribution is 7.14. The number of benzene rings is 2. The Morgan fingerprint density at radius 2 is 1.96 bits per heavy atom. The Morgan fingerprint density at radius 1 is 1.15 bits per heavy atom. The third-order valence-corrected chi connectivity index (χ3v) is 5.14. The first kappa shape index (κ1) is 19.5. The van der Waals surface area contributed by atoms with Gasteiger partial charge in [-0.1, -0.05) is 29.3 Å². The second-order valence-corrected chi connectivity index (χ2v) is 7.27. The molecule has 2 aromatic carbocycles. The first-order chi connectivity index (χ1) is 13.0. The van der Waals surface area contributed by atoms with Crippen LogP contribution in [0.4, 0.5) is 5.13 Å². The summed E-state index contributed by atoms with van der Waals surface area (Å²) in [6.07, 6.45) is 0.132. The molecule has 0 bridgehead atoms. The number of nitrogens with one attached hydrogen (secondary N) is 1. The fourth-order valence-electron chi connectivity index (χ4n) is 2.47.